The molecule has 2 aliphatic rings. The van der Waals surface area contributed by atoms with E-state index >= 15 is 0 Å². The zero-order valence-corrected chi connectivity index (χ0v) is 16.8. The van der Waals surface area contributed by atoms with Gasteiger partial charge in [0.15, 0.2) is 0 Å². The molecule has 2 rings (SSSR count). The lowest BCUT2D eigenvalue weighted by Crippen LogP contribution is -2.58. The van der Waals surface area contributed by atoms with Crippen molar-refractivity contribution in [2.45, 2.75) is 58.4 Å². The molecule has 2 amide bonds. The van der Waals surface area contributed by atoms with E-state index in [9.17, 15) is 9.59 Å². The van der Waals surface area contributed by atoms with Crippen molar-refractivity contribution in [1.29, 1.82) is 0 Å². The fraction of sp³-hybridized carbons (Fsp3) is 0.900. The lowest BCUT2D eigenvalue weighted by molar-refractivity contribution is -0.136. The molecule has 1 aliphatic heterocycles. The first kappa shape index (κ1) is 21.2. The summed E-state index contributed by atoms with van der Waals surface area (Å²) in [6, 6.07) is -0.0394. The molecule has 0 radical (unpaired) electrons. The Morgan fingerprint density at radius 2 is 1.77 bits per heavy atom. The summed E-state index contributed by atoms with van der Waals surface area (Å²) in [7, 11) is 1.68. The van der Waals surface area contributed by atoms with E-state index < -0.39 is 0 Å². The average Bonchev–Trinajstić information content (AvgIpc) is 3.13. The molecule has 1 N–H and O–H groups in total. The Labute approximate surface area is 158 Å². The minimum Gasteiger partial charge on any atom is -0.385 e. The molecule has 6 nitrogen and oxygen atoms in total. The van der Waals surface area contributed by atoms with Gasteiger partial charge in [-0.3, -0.25) is 14.5 Å². The normalized spacial score (nSPS) is 20.5. The maximum atomic E-state index is 12.9. The Kier molecular flexibility index (Phi) is 8.85. The summed E-state index contributed by atoms with van der Waals surface area (Å²) in [5.41, 5.74) is 0. The summed E-state index contributed by atoms with van der Waals surface area (Å²) in [5, 5.41) is 3.11. The van der Waals surface area contributed by atoms with Gasteiger partial charge in [-0.25, -0.2) is 0 Å². The maximum Gasteiger partial charge on any atom is 0.237 e. The van der Waals surface area contributed by atoms with Gasteiger partial charge in [0.2, 0.25) is 11.8 Å². The number of amides is 2. The van der Waals surface area contributed by atoms with Crippen molar-refractivity contribution in [3.05, 3.63) is 0 Å². The minimum absolute atomic E-state index is 0.0394. The Morgan fingerprint density at radius 1 is 1.12 bits per heavy atom. The predicted octanol–water partition coefficient (Wildman–Crippen LogP) is 1.89. The van der Waals surface area contributed by atoms with E-state index in [-0.39, 0.29) is 17.9 Å². The van der Waals surface area contributed by atoms with Crippen molar-refractivity contribution >= 4 is 11.8 Å². The van der Waals surface area contributed by atoms with Crippen LogP contribution in [0.2, 0.25) is 0 Å². The number of methoxy groups -OCH3 is 1. The topological polar surface area (TPSA) is 61.9 Å². The molecule has 2 fully saturated rings. The zero-order chi connectivity index (χ0) is 18.9. The van der Waals surface area contributed by atoms with Crippen LogP contribution in [0.25, 0.3) is 0 Å². The maximum absolute atomic E-state index is 12.9. The summed E-state index contributed by atoms with van der Waals surface area (Å²) >= 11 is 0. The molecular formula is C20H37N3O3. The standard InChI is InChI=1S/C20H37N3O3/c1-16(2)15-18(24)22-10-12-23(13-11-22)19(17-7-4-5-8-17)20(25)21-9-6-14-26-3/h16-17,19H,4-15H2,1-3H3,(H,21,25). The fourth-order valence-electron chi connectivity index (χ4n) is 4.21. The van der Waals surface area contributed by atoms with Crippen molar-refractivity contribution in [1.82, 2.24) is 15.1 Å². The van der Waals surface area contributed by atoms with Crippen LogP contribution in [0.15, 0.2) is 0 Å². The van der Waals surface area contributed by atoms with Crippen molar-refractivity contribution in [3.63, 3.8) is 0 Å². The summed E-state index contributed by atoms with van der Waals surface area (Å²) in [5.74, 6) is 1.26. The van der Waals surface area contributed by atoms with E-state index in [1.165, 1.54) is 12.8 Å². The van der Waals surface area contributed by atoms with Crippen molar-refractivity contribution in [2.75, 3.05) is 46.4 Å². The van der Waals surface area contributed by atoms with E-state index in [0.29, 0.717) is 31.4 Å². The molecule has 6 heteroatoms. The summed E-state index contributed by atoms with van der Waals surface area (Å²) in [6.07, 6.45) is 6.20. The highest BCUT2D eigenvalue weighted by atomic mass is 16.5. The minimum atomic E-state index is -0.0394. The van der Waals surface area contributed by atoms with Crippen LogP contribution >= 0.6 is 0 Å². The first-order valence-corrected chi connectivity index (χ1v) is 10.3. The molecule has 26 heavy (non-hydrogen) atoms. The van der Waals surface area contributed by atoms with Crippen LogP contribution < -0.4 is 5.32 Å². The van der Waals surface area contributed by atoms with E-state index in [4.69, 9.17) is 4.74 Å². The lowest BCUT2D eigenvalue weighted by Gasteiger charge is -2.41. The van der Waals surface area contributed by atoms with Crippen LogP contribution in [0.3, 0.4) is 0 Å². The van der Waals surface area contributed by atoms with E-state index in [1.54, 1.807) is 7.11 Å². The first-order valence-electron chi connectivity index (χ1n) is 10.3. The number of nitrogens with zero attached hydrogens (tertiary/aromatic N) is 2. The second kappa shape index (κ2) is 10.9. The van der Waals surface area contributed by atoms with Gasteiger partial charge in [0.25, 0.3) is 0 Å². The number of carbonyl (C=O) groups excluding carboxylic acids is 2. The molecule has 1 unspecified atom stereocenters. The van der Waals surface area contributed by atoms with Crippen LogP contribution in [0.4, 0.5) is 0 Å². The molecule has 150 valence electrons. The van der Waals surface area contributed by atoms with Gasteiger partial charge in [-0.05, 0) is 31.1 Å². The van der Waals surface area contributed by atoms with Crippen LogP contribution in [-0.4, -0.2) is 74.1 Å². The largest absolute Gasteiger partial charge is 0.385 e. The Morgan fingerprint density at radius 3 is 2.35 bits per heavy atom. The van der Waals surface area contributed by atoms with Gasteiger partial charge in [0.1, 0.15) is 0 Å². The first-order chi connectivity index (χ1) is 12.5. The molecule has 0 spiro atoms. The highest BCUT2D eigenvalue weighted by Gasteiger charge is 2.37. The van der Waals surface area contributed by atoms with Gasteiger partial charge in [0, 0.05) is 52.9 Å². The van der Waals surface area contributed by atoms with E-state index in [0.717, 1.165) is 45.4 Å². The average molecular weight is 368 g/mol. The number of ether oxygens (including phenoxy) is 1. The predicted molar refractivity (Wildman–Crippen MR) is 103 cm³/mol. The molecule has 0 aromatic heterocycles. The molecule has 1 heterocycles. The molecule has 0 aromatic carbocycles. The third-order valence-corrected chi connectivity index (χ3v) is 5.58. The molecule has 1 saturated heterocycles. The van der Waals surface area contributed by atoms with Crippen molar-refractivity contribution in [3.8, 4) is 0 Å². The Bertz CT molecular complexity index is 442. The molecule has 1 atom stereocenters. The van der Waals surface area contributed by atoms with Gasteiger partial charge < -0.3 is 15.0 Å². The number of nitrogens with one attached hydrogen (secondary N) is 1. The Balaban J connectivity index is 1.90. The van der Waals surface area contributed by atoms with Gasteiger partial charge in [-0.15, -0.1) is 0 Å². The molecule has 0 aromatic rings. The number of carbonyl (C=O) groups is 2. The number of rotatable bonds is 9. The van der Waals surface area contributed by atoms with Crippen LogP contribution in [0.5, 0.6) is 0 Å². The quantitative estimate of drug-likeness (QED) is 0.632. The summed E-state index contributed by atoms with van der Waals surface area (Å²) in [6.45, 7) is 8.59. The second-order valence-electron chi connectivity index (χ2n) is 8.14. The SMILES string of the molecule is COCCCNC(=O)C(C1CCCC1)N1CCN(C(=O)CC(C)C)CC1. The molecule has 0 bridgehead atoms. The van der Waals surface area contributed by atoms with Gasteiger partial charge in [0.05, 0.1) is 6.04 Å². The molecule has 1 saturated carbocycles. The van der Waals surface area contributed by atoms with Crippen LogP contribution in [-0.2, 0) is 14.3 Å². The summed E-state index contributed by atoms with van der Waals surface area (Å²) in [4.78, 5) is 29.5. The van der Waals surface area contributed by atoms with E-state index in [2.05, 4.69) is 24.1 Å². The van der Waals surface area contributed by atoms with Crippen LogP contribution in [0, 0.1) is 11.8 Å². The second-order valence-corrected chi connectivity index (χ2v) is 8.14. The smallest absolute Gasteiger partial charge is 0.237 e. The van der Waals surface area contributed by atoms with Crippen molar-refractivity contribution in [2.24, 2.45) is 11.8 Å². The van der Waals surface area contributed by atoms with E-state index in [1.807, 2.05) is 4.90 Å². The highest BCUT2D eigenvalue weighted by Crippen LogP contribution is 2.31. The van der Waals surface area contributed by atoms with Gasteiger partial charge in [-0.2, -0.15) is 0 Å². The van der Waals surface area contributed by atoms with Gasteiger partial charge >= 0.3 is 0 Å². The third-order valence-electron chi connectivity index (χ3n) is 5.58. The monoisotopic (exact) mass is 367 g/mol. The lowest BCUT2D eigenvalue weighted by atomic mass is 9.95. The third kappa shape index (κ3) is 6.23. The Hall–Kier alpha value is -1.14. The fourth-order valence-corrected chi connectivity index (χ4v) is 4.21. The van der Waals surface area contributed by atoms with Gasteiger partial charge in [-0.1, -0.05) is 26.7 Å². The van der Waals surface area contributed by atoms with Crippen LogP contribution in [0.1, 0.15) is 52.4 Å². The molecule has 1 aliphatic carbocycles. The molecular weight excluding hydrogens is 330 g/mol. The highest BCUT2D eigenvalue weighted by molar-refractivity contribution is 5.82. The summed E-state index contributed by atoms with van der Waals surface area (Å²) < 4.78 is 5.06. The number of hydrogen-bond acceptors (Lipinski definition) is 4. The number of piperazine rings is 1. The number of hydrogen-bond donors (Lipinski definition) is 1. The van der Waals surface area contributed by atoms with Crippen molar-refractivity contribution < 1.29 is 14.3 Å². The zero-order valence-electron chi connectivity index (χ0n) is 16.8.